The Morgan fingerprint density at radius 2 is 2.03 bits per heavy atom. The Morgan fingerprint density at radius 1 is 1.28 bits per heavy atom. The fraction of sp³-hybridized carbons (Fsp3) is 0.429. The van der Waals surface area contributed by atoms with Gasteiger partial charge in [0.15, 0.2) is 0 Å². The molecule has 1 aromatic carbocycles. The summed E-state index contributed by atoms with van der Waals surface area (Å²) < 4.78 is 5.07. The molecule has 3 rings (SSSR count). The summed E-state index contributed by atoms with van der Waals surface area (Å²) in [5, 5.41) is 2.72. The Labute approximate surface area is 185 Å². The standard InChI is InChI=1S/C21H24Cl2N2O3S/c1-28-11-2-9-24(19(26)13-22)14-20(27)25-10-7-18-17(8-12-29-18)21(25)15-3-5-16(23)6-4-15/h3-6,8,12,21H,2,7,9-11,13-14H2,1H3. The van der Waals surface area contributed by atoms with Gasteiger partial charge in [0.1, 0.15) is 5.88 Å². The number of hydrogen-bond acceptors (Lipinski definition) is 4. The summed E-state index contributed by atoms with van der Waals surface area (Å²) in [5.74, 6) is -0.472. The van der Waals surface area contributed by atoms with E-state index in [1.165, 1.54) is 9.78 Å². The minimum Gasteiger partial charge on any atom is -0.385 e. The Morgan fingerprint density at radius 3 is 2.72 bits per heavy atom. The maximum absolute atomic E-state index is 13.3. The van der Waals surface area contributed by atoms with Gasteiger partial charge >= 0.3 is 0 Å². The van der Waals surface area contributed by atoms with Crippen LogP contribution in [-0.4, -0.2) is 60.8 Å². The second-order valence-electron chi connectivity index (χ2n) is 6.89. The van der Waals surface area contributed by atoms with E-state index in [0.29, 0.717) is 31.1 Å². The molecule has 1 aromatic heterocycles. The highest BCUT2D eigenvalue weighted by Crippen LogP contribution is 2.38. The van der Waals surface area contributed by atoms with Crippen LogP contribution in [0.3, 0.4) is 0 Å². The van der Waals surface area contributed by atoms with Gasteiger partial charge in [-0.25, -0.2) is 0 Å². The lowest BCUT2D eigenvalue weighted by atomic mass is 9.93. The molecule has 5 nitrogen and oxygen atoms in total. The van der Waals surface area contributed by atoms with E-state index in [2.05, 4.69) is 11.4 Å². The number of benzene rings is 1. The molecule has 29 heavy (non-hydrogen) atoms. The molecule has 1 atom stereocenters. The molecule has 0 N–H and O–H groups in total. The normalized spacial score (nSPS) is 15.8. The van der Waals surface area contributed by atoms with Crippen molar-refractivity contribution in [3.63, 3.8) is 0 Å². The minimum absolute atomic E-state index is 0.0127. The number of hydrogen-bond donors (Lipinski definition) is 0. The number of ether oxygens (including phenoxy) is 1. The second-order valence-corrected chi connectivity index (χ2v) is 8.59. The minimum atomic E-state index is -0.243. The van der Waals surface area contributed by atoms with Crippen molar-refractivity contribution < 1.29 is 14.3 Å². The van der Waals surface area contributed by atoms with Crippen LogP contribution in [0.15, 0.2) is 35.7 Å². The zero-order valence-electron chi connectivity index (χ0n) is 16.3. The molecule has 2 aromatic rings. The van der Waals surface area contributed by atoms with Gasteiger partial charge in [-0.05, 0) is 47.5 Å². The predicted molar refractivity (Wildman–Crippen MR) is 117 cm³/mol. The Bertz CT molecular complexity index is 841. The Balaban J connectivity index is 1.83. The van der Waals surface area contributed by atoms with Crippen molar-refractivity contribution in [2.45, 2.75) is 18.9 Å². The molecule has 156 valence electrons. The predicted octanol–water partition coefficient (Wildman–Crippen LogP) is 3.98. The van der Waals surface area contributed by atoms with Crippen LogP contribution in [0.5, 0.6) is 0 Å². The Hall–Kier alpha value is -1.60. The van der Waals surface area contributed by atoms with Gasteiger partial charge in [-0.2, -0.15) is 0 Å². The van der Waals surface area contributed by atoms with Crippen LogP contribution in [0, 0.1) is 0 Å². The first-order chi connectivity index (χ1) is 14.0. The van der Waals surface area contributed by atoms with Crippen LogP contribution in [0.2, 0.25) is 5.02 Å². The fourth-order valence-corrected chi connectivity index (χ4v) is 4.82. The zero-order chi connectivity index (χ0) is 20.8. The van der Waals surface area contributed by atoms with E-state index >= 15 is 0 Å². The third-order valence-corrected chi connectivity index (χ3v) is 6.52. The highest BCUT2D eigenvalue weighted by molar-refractivity contribution is 7.10. The molecule has 0 aliphatic carbocycles. The molecule has 1 aliphatic heterocycles. The molecule has 1 aliphatic rings. The molecule has 0 saturated heterocycles. The van der Waals surface area contributed by atoms with Gasteiger partial charge in [-0.15, -0.1) is 22.9 Å². The number of nitrogens with zero attached hydrogens (tertiary/aromatic N) is 2. The lowest BCUT2D eigenvalue weighted by molar-refractivity contribution is -0.140. The summed E-state index contributed by atoms with van der Waals surface area (Å²) in [6.45, 7) is 1.59. The van der Waals surface area contributed by atoms with Crippen molar-refractivity contribution in [3.8, 4) is 0 Å². The summed E-state index contributed by atoms with van der Waals surface area (Å²) in [7, 11) is 1.61. The SMILES string of the molecule is COCCCN(CC(=O)N1CCc2sccc2C1c1ccc(Cl)cc1)C(=O)CCl. The molecule has 8 heteroatoms. The van der Waals surface area contributed by atoms with E-state index in [1.807, 2.05) is 29.2 Å². The number of carbonyl (C=O) groups excluding carboxylic acids is 2. The molecular weight excluding hydrogens is 431 g/mol. The van der Waals surface area contributed by atoms with Crippen molar-refractivity contribution in [1.82, 2.24) is 9.80 Å². The molecule has 0 saturated carbocycles. The first kappa shape index (κ1) is 22.1. The van der Waals surface area contributed by atoms with Gasteiger partial charge in [0.2, 0.25) is 11.8 Å². The summed E-state index contributed by atoms with van der Waals surface area (Å²) in [5.41, 5.74) is 2.16. The number of rotatable bonds is 8. The molecule has 2 heterocycles. The summed E-state index contributed by atoms with van der Waals surface area (Å²) in [4.78, 5) is 30.2. The van der Waals surface area contributed by atoms with Crippen LogP contribution < -0.4 is 0 Å². The van der Waals surface area contributed by atoms with Crippen molar-refractivity contribution in [1.29, 1.82) is 0 Å². The molecule has 1 unspecified atom stereocenters. The number of thiophene rings is 1. The van der Waals surface area contributed by atoms with Crippen molar-refractivity contribution in [2.75, 3.05) is 39.2 Å². The molecule has 0 bridgehead atoms. The van der Waals surface area contributed by atoms with Crippen LogP contribution in [0.4, 0.5) is 0 Å². The molecule has 0 fully saturated rings. The largest absolute Gasteiger partial charge is 0.385 e. The maximum Gasteiger partial charge on any atom is 0.242 e. The van der Waals surface area contributed by atoms with Gasteiger partial charge in [-0.1, -0.05) is 23.7 Å². The van der Waals surface area contributed by atoms with Crippen LogP contribution in [0.1, 0.15) is 28.5 Å². The first-order valence-electron chi connectivity index (χ1n) is 9.49. The average Bonchev–Trinajstić information content (AvgIpc) is 3.21. The number of methoxy groups -OCH3 is 1. The monoisotopic (exact) mass is 454 g/mol. The van der Waals surface area contributed by atoms with E-state index in [1.54, 1.807) is 18.4 Å². The van der Waals surface area contributed by atoms with E-state index in [9.17, 15) is 9.59 Å². The lowest BCUT2D eigenvalue weighted by Crippen LogP contribution is -2.47. The molecular formula is C21H24Cl2N2O3S. The smallest absolute Gasteiger partial charge is 0.242 e. The molecule has 0 radical (unpaired) electrons. The van der Waals surface area contributed by atoms with Crippen molar-refractivity contribution >= 4 is 46.4 Å². The summed E-state index contributed by atoms with van der Waals surface area (Å²) in [6.07, 6.45) is 1.47. The second kappa shape index (κ2) is 10.4. The number of fused-ring (bicyclic) bond motifs is 1. The van der Waals surface area contributed by atoms with E-state index in [4.69, 9.17) is 27.9 Å². The van der Waals surface area contributed by atoms with Crippen LogP contribution >= 0.6 is 34.5 Å². The topological polar surface area (TPSA) is 49.9 Å². The van der Waals surface area contributed by atoms with Gasteiger partial charge in [0.25, 0.3) is 0 Å². The summed E-state index contributed by atoms with van der Waals surface area (Å²) >= 11 is 13.5. The van der Waals surface area contributed by atoms with Gasteiger partial charge < -0.3 is 14.5 Å². The fourth-order valence-electron chi connectivity index (χ4n) is 3.62. The maximum atomic E-state index is 13.3. The van der Waals surface area contributed by atoms with E-state index in [-0.39, 0.29) is 30.3 Å². The summed E-state index contributed by atoms with van der Waals surface area (Å²) in [6, 6.07) is 9.50. The van der Waals surface area contributed by atoms with E-state index < -0.39 is 0 Å². The number of amides is 2. The third kappa shape index (κ3) is 5.31. The molecule has 2 amide bonds. The third-order valence-electron chi connectivity index (χ3n) is 5.04. The number of halogens is 2. The highest BCUT2D eigenvalue weighted by Gasteiger charge is 2.33. The zero-order valence-corrected chi connectivity index (χ0v) is 18.6. The van der Waals surface area contributed by atoms with E-state index in [0.717, 1.165) is 17.5 Å². The van der Waals surface area contributed by atoms with Gasteiger partial charge in [0, 0.05) is 36.7 Å². The van der Waals surface area contributed by atoms with Crippen LogP contribution in [0.25, 0.3) is 0 Å². The quantitative estimate of drug-likeness (QED) is 0.447. The van der Waals surface area contributed by atoms with Gasteiger partial charge in [0.05, 0.1) is 12.6 Å². The first-order valence-corrected chi connectivity index (χ1v) is 11.3. The van der Waals surface area contributed by atoms with Gasteiger partial charge in [-0.3, -0.25) is 9.59 Å². The lowest BCUT2D eigenvalue weighted by Gasteiger charge is -2.37. The highest BCUT2D eigenvalue weighted by atomic mass is 35.5. The van der Waals surface area contributed by atoms with Crippen molar-refractivity contribution in [3.05, 3.63) is 56.7 Å². The number of carbonyl (C=O) groups is 2. The molecule has 0 spiro atoms. The van der Waals surface area contributed by atoms with Crippen molar-refractivity contribution in [2.24, 2.45) is 0 Å². The average molecular weight is 455 g/mol. The number of alkyl halides is 1. The van der Waals surface area contributed by atoms with Crippen LogP contribution in [-0.2, 0) is 20.7 Å². The Kier molecular flexibility index (Phi) is 7.95.